The molecular weight excluding hydrogens is 492 g/mol. The molecule has 222 valence electrons. The minimum atomic E-state index is 0.525. The number of rotatable bonds is 31. The highest BCUT2D eigenvalue weighted by Crippen LogP contribution is 2.07. The topological polar surface area (TPSA) is 83.1 Å². The van der Waals surface area contributed by atoms with Gasteiger partial charge in [0.15, 0.2) is 0 Å². The van der Waals surface area contributed by atoms with Gasteiger partial charge in [-0.3, -0.25) is 0 Å². The fourth-order valence-electron chi connectivity index (χ4n) is 3.18. The first kappa shape index (κ1) is 34.7. The van der Waals surface area contributed by atoms with E-state index in [-0.39, 0.29) is 0 Å². The van der Waals surface area contributed by atoms with Crippen molar-refractivity contribution in [3.05, 3.63) is 30.3 Å². The Morgan fingerprint density at radius 3 is 1.11 bits per heavy atom. The monoisotopic (exact) mass is 544 g/mol. The molecule has 0 unspecified atom stereocenters. The van der Waals surface area contributed by atoms with Crippen LogP contribution in [0.4, 0.5) is 0 Å². The van der Waals surface area contributed by atoms with Gasteiger partial charge in [-0.25, -0.2) is 0 Å². The molecule has 0 bridgehead atoms. The van der Waals surface area contributed by atoms with E-state index in [9.17, 15) is 0 Å². The molecule has 0 saturated heterocycles. The zero-order valence-electron chi connectivity index (χ0n) is 23.6. The second-order valence-electron chi connectivity index (χ2n) is 8.47. The molecule has 1 aromatic rings. The lowest BCUT2D eigenvalue weighted by Crippen LogP contribution is -2.15. The summed E-state index contributed by atoms with van der Waals surface area (Å²) in [5.41, 5.74) is 0. The molecule has 0 heterocycles. The van der Waals surface area contributed by atoms with Crippen LogP contribution in [-0.2, 0) is 37.9 Å². The fraction of sp³-hybridized carbons (Fsp3) is 0.793. The van der Waals surface area contributed by atoms with Crippen molar-refractivity contribution < 1.29 is 42.6 Å². The molecule has 0 N–H and O–H groups in total. The Hall–Kier alpha value is -1.30. The Labute approximate surface area is 230 Å². The predicted molar refractivity (Wildman–Crippen MR) is 147 cm³/mol. The van der Waals surface area contributed by atoms with Crippen LogP contribution in [-0.4, -0.2) is 112 Å². The molecule has 0 aromatic heterocycles. The van der Waals surface area contributed by atoms with E-state index in [4.69, 9.17) is 42.6 Å². The van der Waals surface area contributed by atoms with Crippen LogP contribution in [0.25, 0.3) is 0 Å². The average Bonchev–Trinajstić information content (AvgIpc) is 2.94. The molecule has 0 aliphatic heterocycles. The molecule has 0 amide bonds. The van der Waals surface area contributed by atoms with Crippen LogP contribution in [0, 0.1) is 0 Å². The molecule has 9 heteroatoms. The third-order valence-corrected chi connectivity index (χ3v) is 5.24. The maximum atomic E-state index is 5.55. The van der Waals surface area contributed by atoms with Gasteiger partial charge in [-0.2, -0.15) is 0 Å². The zero-order valence-corrected chi connectivity index (χ0v) is 23.6. The summed E-state index contributed by atoms with van der Waals surface area (Å²) in [6.07, 6.45) is 6.30. The van der Waals surface area contributed by atoms with Gasteiger partial charge in [0, 0.05) is 6.61 Å². The summed E-state index contributed by atoms with van der Waals surface area (Å²) in [5, 5.41) is 0. The van der Waals surface area contributed by atoms with Crippen molar-refractivity contribution in [2.75, 3.05) is 112 Å². The second kappa shape index (κ2) is 30.2. The van der Waals surface area contributed by atoms with E-state index >= 15 is 0 Å². The number of benzene rings is 1. The molecule has 1 rings (SSSR count). The molecule has 38 heavy (non-hydrogen) atoms. The minimum absolute atomic E-state index is 0.525. The van der Waals surface area contributed by atoms with E-state index in [1.165, 1.54) is 25.7 Å². The largest absolute Gasteiger partial charge is 0.491 e. The molecule has 0 aliphatic rings. The Balaban J connectivity index is 1.62. The van der Waals surface area contributed by atoms with Gasteiger partial charge in [-0.15, -0.1) is 0 Å². The van der Waals surface area contributed by atoms with Crippen LogP contribution in [0.15, 0.2) is 30.3 Å². The summed E-state index contributed by atoms with van der Waals surface area (Å²) >= 11 is 0. The molecule has 0 radical (unpaired) electrons. The number of unbranched alkanes of at least 4 members (excludes halogenated alkanes) is 4. The summed E-state index contributed by atoms with van der Waals surface area (Å²) in [6, 6.07) is 9.69. The Morgan fingerprint density at radius 1 is 0.368 bits per heavy atom. The summed E-state index contributed by atoms with van der Waals surface area (Å²) < 4.78 is 49.4. The van der Waals surface area contributed by atoms with Gasteiger partial charge in [0.2, 0.25) is 0 Å². The highest BCUT2D eigenvalue weighted by atomic mass is 16.6. The first-order chi connectivity index (χ1) is 18.9. The first-order valence-electron chi connectivity index (χ1n) is 14.2. The summed E-state index contributed by atoms with van der Waals surface area (Å²) in [5.74, 6) is 0.851. The van der Waals surface area contributed by atoms with Crippen LogP contribution in [0.3, 0.4) is 0 Å². The van der Waals surface area contributed by atoms with Crippen molar-refractivity contribution in [2.45, 2.75) is 39.0 Å². The van der Waals surface area contributed by atoms with Gasteiger partial charge in [0.1, 0.15) is 12.4 Å². The standard InChI is InChI=1S/C29H52O9/c1-2-3-4-5-9-12-30-13-14-31-15-16-32-17-18-33-19-20-34-21-22-35-23-24-36-25-26-37-27-28-38-29-10-7-6-8-11-29/h6-8,10-11H,2-5,9,12-28H2,1H3. The van der Waals surface area contributed by atoms with Crippen molar-refractivity contribution in [3.63, 3.8) is 0 Å². The van der Waals surface area contributed by atoms with Crippen LogP contribution in [0.1, 0.15) is 39.0 Å². The SMILES string of the molecule is CCCCCCCOCCOCCOCCOCCOCCOCCOCCOCCOc1ccccc1. The summed E-state index contributed by atoms with van der Waals surface area (Å²) in [4.78, 5) is 0. The van der Waals surface area contributed by atoms with Gasteiger partial charge >= 0.3 is 0 Å². The van der Waals surface area contributed by atoms with E-state index in [2.05, 4.69) is 6.92 Å². The lowest BCUT2D eigenvalue weighted by atomic mass is 10.2. The van der Waals surface area contributed by atoms with Gasteiger partial charge in [0.25, 0.3) is 0 Å². The van der Waals surface area contributed by atoms with Crippen molar-refractivity contribution in [2.24, 2.45) is 0 Å². The van der Waals surface area contributed by atoms with E-state index in [0.29, 0.717) is 106 Å². The molecule has 0 saturated carbocycles. The predicted octanol–water partition coefficient (Wildman–Crippen LogP) is 4.17. The molecule has 0 fully saturated rings. The van der Waals surface area contributed by atoms with Crippen molar-refractivity contribution in [1.82, 2.24) is 0 Å². The molecule has 0 spiro atoms. The smallest absolute Gasteiger partial charge is 0.119 e. The highest BCUT2D eigenvalue weighted by molar-refractivity contribution is 5.20. The van der Waals surface area contributed by atoms with Gasteiger partial charge in [0.05, 0.1) is 99.1 Å². The summed E-state index contributed by atoms with van der Waals surface area (Å²) in [7, 11) is 0. The van der Waals surface area contributed by atoms with E-state index < -0.39 is 0 Å². The lowest BCUT2D eigenvalue weighted by Gasteiger charge is -2.09. The number of ether oxygens (including phenoxy) is 9. The van der Waals surface area contributed by atoms with Crippen LogP contribution >= 0.6 is 0 Å². The first-order valence-corrected chi connectivity index (χ1v) is 14.2. The third-order valence-electron chi connectivity index (χ3n) is 5.24. The second-order valence-corrected chi connectivity index (χ2v) is 8.47. The van der Waals surface area contributed by atoms with Crippen molar-refractivity contribution >= 4 is 0 Å². The Bertz CT molecular complexity index is 562. The Morgan fingerprint density at radius 2 is 0.711 bits per heavy atom. The van der Waals surface area contributed by atoms with E-state index in [1.54, 1.807) is 0 Å². The minimum Gasteiger partial charge on any atom is -0.491 e. The molecule has 0 atom stereocenters. The fourth-order valence-corrected chi connectivity index (χ4v) is 3.18. The van der Waals surface area contributed by atoms with Gasteiger partial charge in [-0.05, 0) is 18.6 Å². The number of para-hydroxylation sites is 1. The molecule has 0 aliphatic carbocycles. The van der Waals surface area contributed by atoms with Crippen LogP contribution in [0.2, 0.25) is 0 Å². The highest BCUT2D eigenvalue weighted by Gasteiger charge is 1.96. The maximum absolute atomic E-state index is 5.55. The maximum Gasteiger partial charge on any atom is 0.119 e. The Kier molecular flexibility index (Phi) is 27.6. The average molecular weight is 545 g/mol. The van der Waals surface area contributed by atoms with Crippen molar-refractivity contribution in [1.29, 1.82) is 0 Å². The molecule has 1 aromatic carbocycles. The van der Waals surface area contributed by atoms with E-state index in [1.807, 2.05) is 30.3 Å². The van der Waals surface area contributed by atoms with Gasteiger partial charge in [-0.1, -0.05) is 50.8 Å². The number of hydrogen-bond acceptors (Lipinski definition) is 9. The summed E-state index contributed by atoms with van der Waals surface area (Å²) in [6.45, 7) is 11.9. The zero-order chi connectivity index (χ0) is 27.0. The molecular formula is C29H52O9. The normalized spacial score (nSPS) is 11.3. The molecule has 9 nitrogen and oxygen atoms in total. The third kappa shape index (κ3) is 26.3. The van der Waals surface area contributed by atoms with Crippen LogP contribution in [0.5, 0.6) is 5.75 Å². The van der Waals surface area contributed by atoms with Crippen LogP contribution < -0.4 is 4.74 Å². The van der Waals surface area contributed by atoms with Gasteiger partial charge < -0.3 is 42.6 Å². The quantitative estimate of drug-likeness (QED) is 0.128. The lowest BCUT2D eigenvalue weighted by molar-refractivity contribution is -0.0236. The van der Waals surface area contributed by atoms with E-state index in [0.717, 1.165) is 18.8 Å². The van der Waals surface area contributed by atoms with Crippen molar-refractivity contribution in [3.8, 4) is 5.75 Å². The number of hydrogen-bond donors (Lipinski definition) is 0.